The zero-order chi connectivity index (χ0) is 17.9. The summed E-state index contributed by atoms with van der Waals surface area (Å²) in [6, 6.07) is 10.2. The summed E-state index contributed by atoms with van der Waals surface area (Å²) in [5, 5.41) is 9.44. The fourth-order valence-corrected chi connectivity index (χ4v) is 2.84. The van der Waals surface area contributed by atoms with E-state index in [1.54, 1.807) is 30.3 Å². The molecule has 2 heterocycles. The van der Waals surface area contributed by atoms with Crippen molar-refractivity contribution in [1.29, 1.82) is 0 Å². The lowest BCUT2D eigenvalue weighted by Gasteiger charge is -2.14. The highest BCUT2D eigenvalue weighted by Crippen LogP contribution is 2.35. The first-order valence-corrected chi connectivity index (χ1v) is 8.12. The van der Waals surface area contributed by atoms with E-state index in [1.165, 1.54) is 6.08 Å². The standard InChI is InChI=1S/C19H17NO6/c21-14(4-1-12-2-5-16-18(7-12)25-10-23-16)9-15(20-22)13-3-6-17-19(8-13)26-11-24-17/h1-8,15,20,22H,9-11H2/b4-1+. The van der Waals surface area contributed by atoms with Crippen LogP contribution < -0.4 is 24.4 Å². The molecule has 0 radical (unpaired) electrons. The van der Waals surface area contributed by atoms with Crippen molar-refractivity contribution < 1.29 is 28.9 Å². The number of fused-ring (bicyclic) bond motifs is 2. The van der Waals surface area contributed by atoms with E-state index >= 15 is 0 Å². The van der Waals surface area contributed by atoms with Crippen LogP contribution in [-0.2, 0) is 4.79 Å². The number of rotatable bonds is 6. The van der Waals surface area contributed by atoms with Crippen molar-refractivity contribution in [2.24, 2.45) is 0 Å². The molecular formula is C19H17NO6. The van der Waals surface area contributed by atoms with Crippen molar-refractivity contribution in [3.63, 3.8) is 0 Å². The Morgan fingerprint density at radius 3 is 2.38 bits per heavy atom. The maximum atomic E-state index is 12.3. The lowest BCUT2D eigenvalue weighted by Crippen LogP contribution is -2.19. The molecule has 4 rings (SSSR count). The van der Waals surface area contributed by atoms with Gasteiger partial charge in [-0.25, -0.2) is 0 Å². The van der Waals surface area contributed by atoms with Gasteiger partial charge in [-0.2, -0.15) is 5.48 Å². The van der Waals surface area contributed by atoms with Crippen LogP contribution in [0.15, 0.2) is 42.5 Å². The van der Waals surface area contributed by atoms with Gasteiger partial charge in [0.25, 0.3) is 0 Å². The monoisotopic (exact) mass is 355 g/mol. The molecule has 26 heavy (non-hydrogen) atoms. The van der Waals surface area contributed by atoms with Gasteiger partial charge in [-0.05, 0) is 41.5 Å². The van der Waals surface area contributed by atoms with E-state index in [9.17, 15) is 10.0 Å². The summed E-state index contributed by atoms with van der Waals surface area (Å²) in [6.07, 6.45) is 3.28. The molecule has 2 aromatic carbocycles. The maximum Gasteiger partial charge on any atom is 0.231 e. The van der Waals surface area contributed by atoms with Crippen molar-refractivity contribution >= 4 is 11.9 Å². The largest absolute Gasteiger partial charge is 0.454 e. The van der Waals surface area contributed by atoms with Crippen molar-refractivity contribution in [3.8, 4) is 23.0 Å². The molecule has 1 atom stereocenters. The van der Waals surface area contributed by atoms with Crippen LogP contribution in [-0.4, -0.2) is 24.6 Å². The van der Waals surface area contributed by atoms with E-state index in [1.807, 2.05) is 12.1 Å². The molecule has 2 aliphatic rings. The van der Waals surface area contributed by atoms with Gasteiger partial charge in [0.05, 0.1) is 6.04 Å². The average molecular weight is 355 g/mol. The van der Waals surface area contributed by atoms with E-state index in [2.05, 4.69) is 5.48 Å². The third-order valence-corrected chi connectivity index (χ3v) is 4.22. The minimum Gasteiger partial charge on any atom is -0.454 e. The highest BCUT2D eigenvalue weighted by atomic mass is 16.7. The van der Waals surface area contributed by atoms with Gasteiger partial charge in [0, 0.05) is 6.42 Å². The molecule has 2 aliphatic heterocycles. The molecule has 0 spiro atoms. The van der Waals surface area contributed by atoms with Crippen LogP contribution in [0.3, 0.4) is 0 Å². The van der Waals surface area contributed by atoms with Crippen molar-refractivity contribution in [2.75, 3.05) is 13.6 Å². The smallest absolute Gasteiger partial charge is 0.231 e. The van der Waals surface area contributed by atoms with Crippen LogP contribution in [0.1, 0.15) is 23.6 Å². The Bertz CT molecular complexity index is 863. The zero-order valence-corrected chi connectivity index (χ0v) is 13.8. The molecule has 0 saturated carbocycles. The molecule has 2 N–H and O–H groups in total. The van der Waals surface area contributed by atoms with Gasteiger partial charge in [0.2, 0.25) is 13.6 Å². The third kappa shape index (κ3) is 3.35. The Kier molecular flexibility index (Phi) is 4.47. The van der Waals surface area contributed by atoms with E-state index in [0.29, 0.717) is 23.0 Å². The molecule has 0 aliphatic carbocycles. The van der Waals surface area contributed by atoms with E-state index in [-0.39, 0.29) is 25.8 Å². The SMILES string of the molecule is O=C(/C=C/c1ccc2c(c1)OCO2)CC(NO)c1ccc2c(c1)OCO2. The predicted octanol–water partition coefficient (Wildman–Crippen LogP) is 2.84. The molecular weight excluding hydrogens is 338 g/mol. The number of carbonyl (C=O) groups excluding carboxylic acids is 1. The van der Waals surface area contributed by atoms with Gasteiger partial charge in [-0.1, -0.05) is 18.2 Å². The van der Waals surface area contributed by atoms with Gasteiger partial charge >= 0.3 is 0 Å². The molecule has 1 unspecified atom stereocenters. The number of ketones is 1. The molecule has 0 aromatic heterocycles. The van der Waals surface area contributed by atoms with Crippen molar-refractivity contribution in [2.45, 2.75) is 12.5 Å². The summed E-state index contributed by atoms with van der Waals surface area (Å²) < 4.78 is 21.2. The highest BCUT2D eigenvalue weighted by molar-refractivity contribution is 5.94. The van der Waals surface area contributed by atoms with Crippen LogP contribution in [0.4, 0.5) is 0 Å². The average Bonchev–Trinajstić information content (AvgIpc) is 3.32. The molecule has 0 fully saturated rings. The van der Waals surface area contributed by atoms with Gasteiger partial charge in [-0.3, -0.25) is 4.79 Å². The zero-order valence-electron chi connectivity index (χ0n) is 13.8. The number of hydrogen-bond acceptors (Lipinski definition) is 7. The van der Waals surface area contributed by atoms with Crippen molar-refractivity contribution in [1.82, 2.24) is 5.48 Å². The Morgan fingerprint density at radius 1 is 1.00 bits per heavy atom. The molecule has 7 nitrogen and oxygen atoms in total. The molecule has 7 heteroatoms. The minimum absolute atomic E-state index is 0.0944. The molecule has 0 bridgehead atoms. The van der Waals surface area contributed by atoms with Crippen molar-refractivity contribution in [3.05, 3.63) is 53.6 Å². The van der Waals surface area contributed by atoms with E-state index < -0.39 is 6.04 Å². The number of hydrogen-bond donors (Lipinski definition) is 2. The first kappa shape index (κ1) is 16.4. The second-order valence-corrected chi connectivity index (χ2v) is 5.91. The molecule has 0 saturated heterocycles. The number of hydroxylamine groups is 1. The second kappa shape index (κ2) is 7.07. The highest BCUT2D eigenvalue weighted by Gasteiger charge is 2.19. The Labute approximate surface area is 149 Å². The summed E-state index contributed by atoms with van der Waals surface area (Å²) in [5.74, 6) is 2.48. The topological polar surface area (TPSA) is 86.3 Å². The maximum absolute atomic E-state index is 12.3. The lowest BCUT2D eigenvalue weighted by molar-refractivity contribution is -0.115. The Balaban J connectivity index is 1.43. The summed E-state index contributed by atoms with van der Waals surface area (Å²) in [7, 11) is 0. The van der Waals surface area contributed by atoms with Crippen LogP contribution >= 0.6 is 0 Å². The first-order chi connectivity index (χ1) is 12.7. The van der Waals surface area contributed by atoms with E-state index in [0.717, 1.165) is 11.1 Å². The number of ether oxygens (including phenoxy) is 4. The lowest BCUT2D eigenvalue weighted by atomic mass is 10.0. The molecule has 0 amide bonds. The van der Waals surface area contributed by atoms with E-state index in [4.69, 9.17) is 18.9 Å². The fraction of sp³-hybridized carbons (Fsp3) is 0.211. The normalized spacial score (nSPS) is 15.4. The van der Waals surface area contributed by atoms with Gasteiger partial charge in [0.1, 0.15) is 0 Å². The third-order valence-electron chi connectivity index (χ3n) is 4.22. The summed E-state index contributed by atoms with van der Waals surface area (Å²) in [6.45, 7) is 0.383. The number of nitrogens with one attached hydrogen (secondary N) is 1. The Morgan fingerprint density at radius 2 is 1.65 bits per heavy atom. The molecule has 2 aromatic rings. The minimum atomic E-state index is -0.543. The van der Waals surface area contributed by atoms with Crippen LogP contribution in [0.5, 0.6) is 23.0 Å². The van der Waals surface area contributed by atoms with Gasteiger partial charge in [-0.15, -0.1) is 0 Å². The first-order valence-electron chi connectivity index (χ1n) is 8.12. The quantitative estimate of drug-likeness (QED) is 0.609. The predicted molar refractivity (Wildman–Crippen MR) is 91.5 cm³/mol. The second-order valence-electron chi connectivity index (χ2n) is 5.91. The summed E-state index contributed by atoms with van der Waals surface area (Å²) in [4.78, 5) is 12.3. The van der Waals surface area contributed by atoms with Gasteiger partial charge < -0.3 is 24.2 Å². The summed E-state index contributed by atoms with van der Waals surface area (Å²) in [5.41, 5.74) is 3.76. The summed E-state index contributed by atoms with van der Waals surface area (Å²) >= 11 is 0. The number of allylic oxidation sites excluding steroid dienone is 1. The Hall–Kier alpha value is -3.03. The van der Waals surface area contributed by atoms with Crippen LogP contribution in [0, 0.1) is 0 Å². The van der Waals surface area contributed by atoms with Gasteiger partial charge in [0.15, 0.2) is 28.8 Å². The fourth-order valence-electron chi connectivity index (χ4n) is 2.84. The number of carbonyl (C=O) groups is 1. The number of benzene rings is 2. The molecule has 134 valence electrons. The van der Waals surface area contributed by atoms with Crippen LogP contribution in [0.2, 0.25) is 0 Å². The van der Waals surface area contributed by atoms with Crippen LogP contribution in [0.25, 0.3) is 6.08 Å².